The first-order valence-corrected chi connectivity index (χ1v) is 6.45. The van der Waals surface area contributed by atoms with Crippen molar-refractivity contribution >= 4 is 22.7 Å². The van der Waals surface area contributed by atoms with Gasteiger partial charge in [0.2, 0.25) is 0 Å². The van der Waals surface area contributed by atoms with Gasteiger partial charge >= 0.3 is 0 Å². The van der Waals surface area contributed by atoms with Gasteiger partial charge in [-0.05, 0) is 6.07 Å². The van der Waals surface area contributed by atoms with Gasteiger partial charge in [0.05, 0.1) is 5.56 Å². The van der Waals surface area contributed by atoms with Crippen molar-refractivity contribution < 1.29 is 14.0 Å². The minimum Gasteiger partial charge on any atom is -0.463 e. The van der Waals surface area contributed by atoms with Gasteiger partial charge in [-0.2, -0.15) is 0 Å². The fourth-order valence-corrected chi connectivity index (χ4v) is 2.51. The first kappa shape index (κ1) is 12.0. The second kappa shape index (κ2) is 4.53. The van der Waals surface area contributed by atoms with Crippen LogP contribution in [0.3, 0.4) is 0 Å². The summed E-state index contributed by atoms with van der Waals surface area (Å²) in [5.74, 6) is 0.112. The lowest BCUT2D eigenvalue weighted by Gasteiger charge is -2.29. The fourth-order valence-electron chi connectivity index (χ4n) is 2.51. The Morgan fingerprint density at radius 3 is 2.95 bits per heavy atom. The number of likely N-dealkylation sites (tertiary alicyclic amines) is 1. The van der Waals surface area contributed by atoms with Crippen molar-refractivity contribution in [1.29, 1.82) is 0 Å². The molecule has 4 nitrogen and oxygen atoms in total. The van der Waals surface area contributed by atoms with Crippen molar-refractivity contribution in [3.8, 4) is 0 Å². The lowest BCUT2D eigenvalue weighted by atomic mass is 9.98. The van der Waals surface area contributed by atoms with Gasteiger partial charge in [0.1, 0.15) is 17.6 Å². The molecule has 1 fully saturated rings. The number of benzene rings is 1. The van der Waals surface area contributed by atoms with Crippen LogP contribution in [0.15, 0.2) is 34.9 Å². The molecule has 1 amide bonds. The summed E-state index contributed by atoms with van der Waals surface area (Å²) in [5, 5.41) is 0.831. The molecule has 1 atom stereocenters. The maximum absolute atomic E-state index is 12.5. The molecule has 0 spiro atoms. The normalized spacial score (nSPS) is 19.9. The average molecular weight is 257 g/mol. The summed E-state index contributed by atoms with van der Waals surface area (Å²) < 4.78 is 5.39. The highest BCUT2D eigenvalue weighted by atomic mass is 16.3. The number of piperidine rings is 1. The summed E-state index contributed by atoms with van der Waals surface area (Å²) >= 11 is 0. The molecule has 0 saturated carbocycles. The van der Waals surface area contributed by atoms with E-state index in [0.717, 1.165) is 5.39 Å². The van der Waals surface area contributed by atoms with Crippen LogP contribution in [-0.4, -0.2) is 29.7 Å². The summed E-state index contributed by atoms with van der Waals surface area (Å²) in [4.78, 5) is 25.7. The second-order valence-corrected chi connectivity index (χ2v) is 5.01. The van der Waals surface area contributed by atoms with E-state index in [-0.39, 0.29) is 17.6 Å². The molecule has 1 saturated heterocycles. The zero-order valence-corrected chi connectivity index (χ0v) is 10.8. The molecule has 98 valence electrons. The first-order chi connectivity index (χ1) is 9.16. The van der Waals surface area contributed by atoms with Gasteiger partial charge in [0.25, 0.3) is 5.91 Å². The summed E-state index contributed by atoms with van der Waals surface area (Å²) in [7, 11) is 0. The van der Waals surface area contributed by atoms with Gasteiger partial charge in [-0.15, -0.1) is 0 Å². The number of fused-ring (bicyclic) bond motifs is 1. The zero-order chi connectivity index (χ0) is 13.4. The van der Waals surface area contributed by atoms with Crippen molar-refractivity contribution in [2.24, 2.45) is 5.92 Å². The van der Waals surface area contributed by atoms with Gasteiger partial charge in [0.15, 0.2) is 0 Å². The number of nitrogens with zero attached hydrogens (tertiary/aromatic N) is 1. The number of amides is 1. The second-order valence-electron chi connectivity index (χ2n) is 5.01. The molecule has 2 heterocycles. The predicted octanol–water partition coefficient (Wildman–Crippen LogP) is 2.48. The maximum Gasteiger partial charge on any atom is 0.257 e. The van der Waals surface area contributed by atoms with Crippen molar-refractivity contribution in [3.05, 3.63) is 36.1 Å². The molecule has 0 aliphatic carbocycles. The van der Waals surface area contributed by atoms with E-state index in [1.54, 1.807) is 4.90 Å². The van der Waals surface area contributed by atoms with Crippen LogP contribution in [-0.2, 0) is 4.79 Å². The third-order valence-electron chi connectivity index (χ3n) is 3.67. The summed E-state index contributed by atoms with van der Waals surface area (Å²) in [6.07, 6.45) is 1.96. The fraction of sp³-hybridized carbons (Fsp3) is 0.333. The smallest absolute Gasteiger partial charge is 0.257 e. The van der Waals surface area contributed by atoms with Crippen molar-refractivity contribution in [2.75, 3.05) is 13.1 Å². The Balaban J connectivity index is 1.90. The number of ketones is 1. The van der Waals surface area contributed by atoms with Crippen molar-refractivity contribution in [1.82, 2.24) is 4.90 Å². The van der Waals surface area contributed by atoms with Crippen LogP contribution < -0.4 is 0 Å². The summed E-state index contributed by atoms with van der Waals surface area (Å²) in [6, 6.07) is 7.48. The van der Waals surface area contributed by atoms with E-state index in [2.05, 4.69) is 0 Å². The van der Waals surface area contributed by atoms with Gasteiger partial charge in [-0.3, -0.25) is 9.59 Å². The zero-order valence-electron chi connectivity index (χ0n) is 10.8. The molecule has 4 heteroatoms. The van der Waals surface area contributed by atoms with Gasteiger partial charge < -0.3 is 9.32 Å². The SMILES string of the molecule is CC1CN(C(=O)c2coc3ccccc23)CCC1=O. The maximum atomic E-state index is 12.5. The number of Topliss-reactive ketones (excluding diaryl/α,β-unsaturated/α-hetero) is 1. The molecule has 1 aliphatic heterocycles. The van der Waals surface area contributed by atoms with E-state index in [0.29, 0.717) is 30.7 Å². The Bertz CT molecular complexity index is 644. The third-order valence-corrected chi connectivity index (χ3v) is 3.67. The number of rotatable bonds is 1. The quantitative estimate of drug-likeness (QED) is 0.788. The lowest BCUT2D eigenvalue weighted by molar-refractivity contribution is -0.124. The number of para-hydroxylation sites is 1. The van der Waals surface area contributed by atoms with E-state index in [1.165, 1.54) is 6.26 Å². The molecule has 2 aromatic rings. The lowest BCUT2D eigenvalue weighted by Crippen LogP contribution is -2.43. The minimum absolute atomic E-state index is 0.0516. The number of carbonyl (C=O) groups excluding carboxylic acids is 2. The van der Waals surface area contributed by atoms with Crippen molar-refractivity contribution in [3.63, 3.8) is 0 Å². The number of carbonyl (C=O) groups is 2. The summed E-state index contributed by atoms with van der Waals surface area (Å²) in [6.45, 7) is 2.87. The van der Waals surface area contributed by atoms with Crippen LogP contribution in [0, 0.1) is 5.92 Å². The van der Waals surface area contributed by atoms with E-state index in [9.17, 15) is 9.59 Å². The number of hydrogen-bond donors (Lipinski definition) is 0. The third kappa shape index (κ3) is 2.03. The Kier molecular flexibility index (Phi) is 2.85. The van der Waals surface area contributed by atoms with Gasteiger partial charge in [-0.1, -0.05) is 25.1 Å². The molecule has 0 radical (unpaired) electrons. The highest BCUT2D eigenvalue weighted by Gasteiger charge is 2.28. The first-order valence-electron chi connectivity index (χ1n) is 6.45. The van der Waals surface area contributed by atoms with Crippen LogP contribution in [0.2, 0.25) is 0 Å². The van der Waals surface area contributed by atoms with Crippen LogP contribution in [0.4, 0.5) is 0 Å². The monoisotopic (exact) mass is 257 g/mol. The van der Waals surface area contributed by atoms with Gasteiger partial charge in [-0.25, -0.2) is 0 Å². The highest BCUT2D eigenvalue weighted by molar-refractivity contribution is 6.06. The standard InChI is InChI=1S/C15H15NO3/c1-10-8-16(7-6-13(10)17)15(18)12-9-19-14-5-3-2-4-11(12)14/h2-5,9-10H,6-8H2,1H3. The van der Waals surface area contributed by atoms with Crippen LogP contribution in [0.25, 0.3) is 11.0 Å². The van der Waals surface area contributed by atoms with Crippen LogP contribution >= 0.6 is 0 Å². The van der Waals surface area contributed by atoms with E-state index in [4.69, 9.17) is 4.42 Å². The van der Waals surface area contributed by atoms with Crippen LogP contribution in [0.5, 0.6) is 0 Å². The molecule has 1 aliphatic rings. The molecule has 3 rings (SSSR count). The molecule has 19 heavy (non-hydrogen) atoms. The van der Waals surface area contributed by atoms with Gasteiger partial charge in [0, 0.05) is 30.8 Å². The van der Waals surface area contributed by atoms with E-state index >= 15 is 0 Å². The topological polar surface area (TPSA) is 50.5 Å². The largest absolute Gasteiger partial charge is 0.463 e. The van der Waals surface area contributed by atoms with E-state index < -0.39 is 0 Å². The number of furan rings is 1. The molecular weight excluding hydrogens is 242 g/mol. The molecular formula is C15H15NO3. The average Bonchev–Trinajstić information content (AvgIpc) is 2.85. The van der Waals surface area contributed by atoms with Crippen LogP contribution in [0.1, 0.15) is 23.7 Å². The minimum atomic E-state index is -0.0733. The Morgan fingerprint density at radius 1 is 1.37 bits per heavy atom. The Morgan fingerprint density at radius 2 is 2.16 bits per heavy atom. The molecule has 0 bridgehead atoms. The Labute approximate surface area is 111 Å². The molecule has 1 aromatic heterocycles. The predicted molar refractivity (Wildman–Crippen MR) is 70.9 cm³/mol. The molecule has 1 unspecified atom stereocenters. The molecule has 0 N–H and O–H groups in total. The van der Waals surface area contributed by atoms with E-state index in [1.807, 2.05) is 31.2 Å². The highest BCUT2D eigenvalue weighted by Crippen LogP contribution is 2.23. The molecule has 1 aromatic carbocycles. The Hall–Kier alpha value is -2.10. The summed E-state index contributed by atoms with van der Waals surface area (Å²) in [5.41, 5.74) is 1.30. The number of hydrogen-bond acceptors (Lipinski definition) is 3. The van der Waals surface area contributed by atoms with Crippen molar-refractivity contribution in [2.45, 2.75) is 13.3 Å².